The van der Waals surface area contributed by atoms with E-state index in [1.807, 2.05) is 24.3 Å². The number of carbonyl (C=O) groups excluding carboxylic acids is 2. The highest BCUT2D eigenvalue weighted by Gasteiger charge is 2.29. The molecule has 0 spiro atoms. The largest absolute Gasteiger partial charge is 0.497 e. The lowest BCUT2D eigenvalue weighted by atomic mass is 10.2. The minimum absolute atomic E-state index is 0.212. The third kappa shape index (κ3) is 3.11. The molecule has 124 valence electrons. The molecule has 5 heteroatoms. The summed E-state index contributed by atoms with van der Waals surface area (Å²) in [6.07, 6.45) is -0.0341. The number of carbonyl (C=O) groups is 2. The van der Waals surface area contributed by atoms with Gasteiger partial charge in [0, 0.05) is 12.2 Å². The molecule has 0 saturated carbocycles. The molecule has 2 aromatic rings. The minimum atomic E-state index is -0.852. The fraction of sp³-hybridized carbons (Fsp3) is 0.263. The van der Waals surface area contributed by atoms with E-state index in [4.69, 9.17) is 9.47 Å². The van der Waals surface area contributed by atoms with Crippen molar-refractivity contribution in [1.29, 1.82) is 0 Å². The van der Waals surface area contributed by atoms with Crippen LogP contribution in [0.15, 0.2) is 48.5 Å². The third-order valence-electron chi connectivity index (χ3n) is 4.09. The Morgan fingerprint density at radius 2 is 1.92 bits per heavy atom. The Morgan fingerprint density at radius 3 is 2.71 bits per heavy atom. The van der Waals surface area contributed by atoms with E-state index >= 15 is 0 Å². The van der Waals surface area contributed by atoms with Gasteiger partial charge in [-0.15, -0.1) is 0 Å². The normalized spacial score (nSPS) is 14.0. The third-order valence-corrected chi connectivity index (χ3v) is 4.09. The number of fused-ring (bicyclic) bond motifs is 1. The van der Waals surface area contributed by atoms with Crippen LogP contribution in [0.4, 0.5) is 5.69 Å². The molecule has 5 nitrogen and oxygen atoms in total. The number of hydrogen-bond acceptors (Lipinski definition) is 4. The second-order valence-electron chi connectivity index (χ2n) is 5.65. The van der Waals surface area contributed by atoms with Crippen LogP contribution in [0.3, 0.4) is 0 Å². The first kappa shape index (κ1) is 16.1. The highest BCUT2D eigenvalue weighted by molar-refractivity contribution is 6.00. The van der Waals surface area contributed by atoms with E-state index in [1.165, 1.54) is 7.11 Å². The molecular formula is C19H19NO4. The number of anilines is 1. The van der Waals surface area contributed by atoms with Crippen LogP contribution >= 0.6 is 0 Å². The Bertz CT molecular complexity index is 771. The Balaban J connectivity index is 1.69. The van der Waals surface area contributed by atoms with Gasteiger partial charge >= 0.3 is 5.97 Å². The summed E-state index contributed by atoms with van der Waals surface area (Å²) in [5, 5.41) is 0. The van der Waals surface area contributed by atoms with E-state index in [0.717, 1.165) is 17.7 Å². The molecule has 1 aliphatic heterocycles. The van der Waals surface area contributed by atoms with E-state index in [9.17, 15) is 9.59 Å². The average molecular weight is 325 g/mol. The van der Waals surface area contributed by atoms with Crippen molar-refractivity contribution in [2.24, 2.45) is 0 Å². The number of rotatable bonds is 4. The smallest absolute Gasteiger partial charge is 0.339 e. The zero-order valence-corrected chi connectivity index (χ0v) is 13.7. The van der Waals surface area contributed by atoms with Crippen LogP contribution < -0.4 is 9.64 Å². The Labute approximate surface area is 140 Å². The molecule has 1 atom stereocenters. The summed E-state index contributed by atoms with van der Waals surface area (Å²) in [6.45, 7) is 2.21. The van der Waals surface area contributed by atoms with E-state index in [0.29, 0.717) is 17.9 Å². The minimum Gasteiger partial charge on any atom is -0.497 e. The molecule has 1 heterocycles. The van der Waals surface area contributed by atoms with Crippen LogP contribution in [-0.2, 0) is 16.0 Å². The standard InChI is InChI=1S/C19H19NO4/c1-13(24-19(22)15-7-5-8-16(12-15)23-2)18(21)20-11-10-14-6-3-4-9-17(14)20/h3-9,12-13H,10-11H2,1-2H3/t13-/m1/s1. The van der Waals surface area contributed by atoms with Crippen molar-refractivity contribution in [1.82, 2.24) is 0 Å². The molecule has 3 rings (SSSR count). The van der Waals surface area contributed by atoms with Gasteiger partial charge in [0.15, 0.2) is 6.10 Å². The number of para-hydroxylation sites is 1. The number of amides is 1. The Kier molecular flexibility index (Phi) is 4.51. The van der Waals surface area contributed by atoms with Gasteiger partial charge in [-0.3, -0.25) is 4.79 Å². The number of methoxy groups -OCH3 is 1. The first-order chi connectivity index (χ1) is 11.6. The molecule has 1 aliphatic rings. The molecule has 2 aromatic carbocycles. The van der Waals surface area contributed by atoms with Gasteiger partial charge in [-0.1, -0.05) is 24.3 Å². The molecule has 0 aromatic heterocycles. The lowest BCUT2D eigenvalue weighted by Gasteiger charge is -2.21. The summed E-state index contributed by atoms with van der Waals surface area (Å²) in [4.78, 5) is 26.5. The molecule has 0 bridgehead atoms. The number of benzene rings is 2. The van der Waals surface area contributed by atoms with Gasteiger partial charge in [0.05, 0.1) is 12.7 Å². The Hall–Kier alpha value is -2.82. The second-order valence-corrected chi connectivity index (χ2v) is 5.65. The van der Waals surface area contributed by atoms with E-state index in [1.54, 1.807) is 36.1 Å². The SMILES string of the molecule is COc1cccc(C(=O)O[C@H](C)C(=O)N2CCc3ccccc32)c1. The fourth-order valence-electron chi connectivity index (χ4n) is 2.82. The fourth-order valence-corrected chi connectivity index (χ4v) is 2.82. The zero-order valence-electron chi connectivity index (χ0n) is 13.7. The van der Waals surface area contributed by atoms with Gasteiger partial charge in [-0.2, -0.15) is 0 Å². The molecule has 0 aliphatic carbocycles. The van der Waals surface area contributed by atoms with Gasteiger partial charge in [-0.25, -0.2) is 4.79 Å². The molecule has 0 fully saturated rings. The molecule has 0 saturated heterocycles. The van der Waals surface area contributed by atoms with Gasteiger partial charge < -0.3 is 14.4 Å². The molecule has 1 amide bonds. The molecular weight excluding hydrogens is 306 g/mol. The van der Waals surface area contributed by atoms with Crippen molar-refractivity contribution in [3.8, 4) is 5.75 Å². The van der Waals surface area contributed by atoms with E-state index in [-0.39, 0.29) is 5.91 Å². The highest BCUT2D eigenvalue weighted by Crippen LogP contribution is 2.28. The number of nitrogens with zero attached hydrogens (tertiary/aromatic N) is 1. The zero-order chi connectivity index (χ0) is 17.1. The van der Waals surface area contributed by atoms with E-state index < -0.39 is 12.1 Å². The topological polar surface area (TPSA) is 55.8 Å². The van der Waals surface area contributed by atoms with Crippen molar-refractivity contribution in [2.45, 2.75) is 19.4 Å². The van der Waals surface area contributed by atoms with Crippen molar-refractivity contribution >= 4 is 17.6 Å². The quantitative estimate of drug-likeness (QED) is 0.811. The summed E-state index contributed by atoms with van der Waals surface area (Å²) >= 11 is 0. The predicted octanol–water partition coefficient (Wildman–Crippen LogP) is 2.83. The monoisotopic (exact) mass is 325 g/mol. The number of esters is 1. The summed E-state index contributed by atoms with van der Waals surface area (Å²) in [6, 6.07) is 14.5. The first-order valence-electron chi connectivity index (χ1n) is 7.84. The maximum Gasteiger partial charge on any atom is 0.339 e. The summed E-state index contributed by atoms with van der Waals surface area (Å²) < 4.78 is 10.4. The molecule has 0 unspecified atom stereocenters. The molecule has 0 N–H and O–H groups in total. The summed E-state index contributed by atoms with van der Waals surface area (Å²) in [5.41, 5.74) is 2.39. The van der Waals surface area contributed by atoms with Gasteiger partial charge in [0.1, 0.15) is 5.75 Å². The van der Waals surface area contributed by atoms with Crippen LogP contribution in [0.25, 0.3) is 0 Å². The summed E-state index contributed by atoms with van der Waals surface area (Å²) in [7, 11) is 1.53. The lowest BCUT2D eigenvalue weighted by Crippen LogP contribution is -2.39. The van der Waals surface area contributed by atoms with E-state index in [2.05, 4.69) is 0 Å². The summed E-state index contributed by atoms with van der Waals surface area (Å²) in [5.74, 6) is -0.185. The van der Waals surface area contributed by atoms with Crippen molar-refractivity contribution in [2.75, 3.05) is 18.6 Å². The molecule has 0 radical (unpaired) electrons. The Morgan fingerprint density at radius 1 is 1.12 bits per heavy atom. The number of ether oxygens (including phenoxy) is 2. The van der Waals surface area contributed by atoms with Crippen LogP contribution in [0.5, 0.6) is 5.75 Å². The van der Waals surface area contributed by atoms with Gasteiger partial charge in [0.25, 0.3) is 5.91 Å². The maximum absolute atomic E-state index is 12.6. The van der Waals surface area contributed by atoms with Crippen molar-refractivity contribution < 1.29 is 19.1 Å². The average Bonchev–Trinajstić information content (AvgIpc) is 3.05. The number of hydrogen-bond donors (Lipinski definition) is 0. The second kappa shape index (κ2) is 6.74. The maximum atomic E-state index is 12.6. The van der Waals surface area contributed by atoms with Crippen LogP contribution in [0.2, 0.25) is 0 Å². The van der Waals surface area contributed by atoms with Crippen LogP contribution in [0, 0.1) is 0 Å². The van der Waals surface area contributed by atoms with Crippen molar-refractivity contribution in [3.05, 3.63) is 59.7 Å². The van der Waals surface area contributed by atoms with Gasteiger partial charge in [-0.05, 0) is 43.2 Å². The van der Waals surface area contributed by atoms with Crippen LogP contribution in [-0.4, -0.2) is 31.6 Å². The van der Waals surface area contributed by atoms with Gasteiger partial charge in [0.2, 0.25) is 0 Å². The predicted molar refractivity (Wildman–Crippen MR) is 90.4 cm³/mol. The first-order valence-corrected chi connectivity index (χ1v) is 7.84. The highest BCUT2D eigenvalue weighted by atomic mass is 16.5. The molecule has 24 heavy (non-hydrogen) atoms. The van der Waals surface area contributed by atoms with Crippen LogP contribution in [0.1, 0.15) is 22.8 Å². The lowest BCUT2D eigenvalue weighted by molar-refractivity contribution is -0.126. The van der Waals surface area contributed by atoms with Crippen molar-refractivity contribution in [3.63, 3.8) is 0 Å².